The number of pyridine rings is 1. The van der Waals surface area contributed by atoms with E-state index in [-0.39, 0.29) is 5.75 Å². The number of nitrogens with zero attached hydrogens (tertiary/aromatic N) is 3. The molecule has 1 aliphatic carbocycles. The molecule has 9 heteroatoms. The second-order valence-corrected chi connectivity index (χ2v) is 7.82. The predicted octanol–water partition coefficient (Wildman–Crippen LogP) is 5.19. The average molecular weight is 404 g/mol. The molecule has 1 saturated carbocycles. The number of benzene rings is 1. The van der Waals surface area contributed by atoms with Crippen LogP contribution in [0.25, 0.3) is 22.6 Å². The lowest BCUT2D eigenvalue weighted by Crippen LogP contribution is -2.16. The van der Waals surface area contributed by atoms with Crippen molar-refractivity contribution in [2.24, 2.45) is 0 Å². The molecule has 0 bridgehead atoms. The van der Waals surface area contributed by atoms with Crippen LogP contribution < -0.4 is 4.74 Å². The Kier molecular flexibility index (Phi) is 4.46. The average Bonchev–Trinajstić information content (AvgIpc) is 3.33. The van der Waals surface area contributed by atoms with Crippen LogP contribution in [0, 0.1) is 11.3 Å². The van der Waals surface area contributed by atoms with Crippen LogP contribution in [0.3, 0.4) is 0 Å². The Morgan fingerprint density at radius 1 is 1.32 bits per heavy atom. The van der Waals surface area contributed by atoms with E-state index in [4.69, 9.17) is 0 Å². The van der Waals surface area contributed by atoms with Crippen molar-refractivity contribution >= 4 is 22.8 Å². The minimum atomic E-state index is -4.75. The molecular formula is C19H15F3N4OS. The summed E-state index contributed by atoms with van der Waals surface area (Å²) in [6, 6.07) is 8.28. The zero-order chi connectivity index (χ0) is 19.9. The van der Waals surface area contributed by atoms with Gasteiger partial charge in [0.1, 0.15) is 11.4 Å². The Bertz CT molecular complexity index is 1080. The SMILES string of the molecule is CCSc1cc(C2(C#N)CC2)cnc1-c1nc2ccc(OC(F)(F)F)cc2[nH]1. The highest BCUT2D eigenvalue weighted by molar-refractivity contribution is 7.99. The number of aromatic amines is 1. The molecule has 0 saturated heterocycles. The van der Waals surface area contributed by atoms with Crippen molar-refractivity contribution in [2.75, 3.05) is 5.75 Å². The van der Waals surface area contributed by atoms with Gasteiger partial charge in [-0.15, -0.1) is 24.9 Å². The number of H-pyrrole nitrogens is 1. The van der Waals surface area contributed by atoms with Crippen molar-refractivity contribution in [1.82, 2.24) is 15.0 Å². The van der Waals surface area contributed by atoms with Crippen LogP contribution in [0.5, 0.6) is 5.75 Å². The lowest BCUT2D eigenvalue weighted by atomic mass is 9.99. The van der Waals surface area contributed by atoms with Crippen LogP contribution in [-0.2, 0) is 5.41 Å². The van der Waals surface area contributed by atoms with Crippen molar-refractivity contribution in [2.45, 2.75) is 36.4 Å². The molecule has 5 nitrogen and oxygen atoms in total. The minimum Gasteiger partial charge on any atom is -0.406 e. The Hall–Kier alpha value is -2.73. The van der Waals surface area contributed by atoms with Crippen molar-refractivity contribution in [3.05, 3.63) is 36.0 Å². The number of nitrogens with one attached hydrogen (secondary N) is 1. The Morgan fingerprint density at radius 2 is 2.11 bits per heavy atom. The number of halogens is 3. The third kappa shape index (κ3) is 3.52. The molecule has 4 rings (SSSR count). The molecule has 1 N–H and O–H groups in total. The van der Waals surface area contributed by atoms with Gasteiger partial charge in [0.25, 0.3) is 0 Å². The number of imidazole rings is 1. The Balaban J connectivity index is 1.73. The van der Waals surface area contributed by atoms with E-state index in [0.717, 1.165) is 29.1 Å². The number of nitriles is 1. The van der Waals surface area contributed by atoms with Crippen LogP contribution in [0.4, 0.5) is 13.2 Å². The molecule has 0 aliphatic heterocycles. The lowest BCUT2D eigenvalue weighted by Gasteiger charge is -2.11. The first-order valence-corrected chi connectivity index (χ1v) is 9.62. The van der Waals surface area contributed by atoms with Crippen LogP contribution in [-0.4, -0.2) is 27.1 Å². The summed E-state index contributed by atoms with van der Waals surface area (Å²) in [7, 11) is 0. The standard InChI is InChI=1S/C19H15F3N4OS/c1-2-28-15-7-11(18(10-23)5-6-18)9-24-16(15)17-25-13-4-3-12(8-14(13)26-17)27-19(20,21)22/h3-4,7-9H,2,5-6H2,1H3,(H,25,26). The van der Waals surface area contributed by atoms with Gasteiger partial charge in [-0.1, -0.05) is 6.92 Å². The topological polar surface area (TPSA) is 74.6 Å². The fraction of sp³-hybridized carbons (Fsp3) is 0.316. The van der Waals surface area contributed by atoms with Gasteiger partial charge in [0.2, 0.25) is 0 Å². The fourth-order valence-electron chi connectivity index (χ4n) is 3.04. The molecule has 1 aliphatic rings. The molecule has 0 atom stereocenters. The van der Waals surface area contributed by atoms with Gasteiger partial charge in [-0.3, -0.25) is 4.98 Å². The molecule has 1 aromatic carbocycles. The van der Waals surface area contributed by atoms with E-state index in [1.807, 2.05) is 13.0 Å². The second-order valence-electron chi connectivity index (χ2n) is 6.51. The summed E-state index contributed by atoms with van der Waals surface area (Å²) in [5.41, 5.74) is 2.00. The summed E-state index contributed by atoms with van der Waals surface area (Å²) >= 11 is 1.58. The number of rotatable bonds is 5. The van der Waals surface area contributed by atoms with Crippen LogP contribution in [0.1, 0.15) is 25.3 Å². The maximum atomic E-state index is 12.4. The number of ether oxygens (including phenoxy) is 1. The van der Waals surface area contributed by atoms with Gasteiger partial charge in [-0.2, -0.15) is 5.26 Å². The van der Waals surface area contributed by atoms with Crippen LogP contribution in [0.2, 0.25) is 0 Å². The zero-order valence-electron chi connectivity index (χ0n) is 14.8. The molecule has 0 unspecified atom stereocenters. The number of hydrogen-bond acceptors (Lipinski definition) is 5. The smallest absolute Gasteiger partial charge is 0.406 e. The van der Waals surface area contributed by atoms with Gasteiger partial charge >= 0.3 is 6.36 Å². The summed E-state index contributed by atoms with van der Waals surface area (Å²) in [5, 5.41) is 9.42. The van der Waals surface area contributed by atoms with E-state index in [9.17, 15) is 18.4 Å². The maximum Gasteiger partial charge on any atom is 0.573 e. The molecule has 2 aromatic heterocycles. The monoisotopic (exact) mass is 404 g/mol. The maximum absolute atomic E-state index is 12.4. The Labute approximate surface area is 162 Å². The van der Waals surface area contributed by atoms with Gasteiger partial charge in [-0.25, -0.2) is 4.98 Å². The van der Waals surface area contributed by atoms with E-state index in [1.54, 1.807) is 18.0 Å². The largest absolute Gasteiger partial charge is 0.573 e. The Morgan fingerprint density at radius 3 is 2.75 bits per heavy atom. The first-order valence-electron chi connectivity index (χ1n) is 8.64. The number of thioether (sulfide) groups is 1. The normalized spacial score (nSPS) is 15.4. The number of alkyl halides is 3. The molecule has 0 radical (unpaired) electrons. The van der Waals surface area contributed by atoms with E-state index in [1.165, 1.54) is 18.2 Å². The van der Waals surface area contributed by atoms with Gasteiger partial charge in [0.15, 0.2) is 5.82 Å². The minimum absolute atomic E-state index is 0.314. The third-order valence-electron chi connectivity index (χ3n) is 4.58. The van der Waals surface area contributed by atoms with Crippen molar-refractivity contribution in [1.29, 1.82) is 5.26 Å². The lowest BCUT2D eigenvalue weighted by molar-refractivity contribution is -0.274. The third-order valence-corrected chi connectivity index (χ3v) is 5.49. The predicted molar refractivity (Wildman–Crippen MR) is 98.9 cm³/mol. The highest BCUT2D eigenvalue weighted by Gasteiger charge is 2.45. The van der Waals surface area contributed by atoms with E-state index in [2.05, 4.69) is 25.8 Å². The first kappa shape index (κ1) is 18.6. The summed E-state index contributed by atoms with van der Waals surface area (Å²) in [4.78, 5) is 12.9. The molecule has 28 heavy (non-hydrogen) atoms. The van der Waals surface area contributed by atoms with E-state index in [0.29, 0.717) is 22.6 Å². The van der Waals surface area contributed by atoms with Crippen molar-refractivity contribution in [3.63, 3.8) is 0 Å². The highest BCUT2D eigenvalue weighted by Crippen LogP contribution is 2.48. The molecule has 0 amide bonds. The summed E-state index contributed by atoms with van der Waals surface area (Å²) < 4.78 is 41.3. The molecule has 3 aromatic rings. The number of fused-ring (bicyclic) bond motifs is 1. The van der Waals surface area contributed by atoms with Crippen molar-refractivity contribution in [3.8, 4) is 23.3 Å². The second kappa shape index (κ2) is 6.71. The molecule has 0 spiro atoms. The van der Waals surface area contributed by atoms with Gasteiger partial charge in [-0.05, 0) is 42.4 Å². The van der Waals surface area contributed by atoms with Gasteiger partial charge in [0.05, 0.1) is 22.5 Å². The molecular weight excluding hydrogens is 389 g/mol. The molecule has 144 valence electrons. The highest BCUT2D eigenvalue weighted by atomic mass is 32.2. The van der Waals surface area contributed by atoms with Gasteiger partial charge in [0, 0.05) is 17.2 Å². The zero-order valence-corrected chi connectivity index (χ0v) is 15.6. The van der Waals surface area contributed by atoms with Crippen LogP contribution in [0.15, 0.2) is 35.4 Å². The summed E-state index contributed by atoms with van der Waals surface area (Å²) in [5.74, 6) is 0.955. The van der Waals surface area contributed by atoms with E-state index >= 15 is 0 Å². The molecule has 2 heterocycles. The van der Waals surface area contributed by atoms with E-state index < -0.39 is 11.8 Å². The van der Waals surface area contributed by atoms with Crippen molar-refractivity contribution < 1.29 is 17.9 Å². The van der Waals surface area contributed by atoms with Gasteiger partial charge < -0.3 is 9.72 Å². The molecule has 1 fully saturated rings. The summed E-state index contributed by atoms with van der Waals surface area (Å²) in [6.45, 7) is 2.01. The summed E-state index contributed by atoms with van der Waals surface area (Å²) in [6.07, 6.45) is -1.41. The number of hydrogen-bond donors (Lipinski definition) is 1. The quantitative estimate of drug-likeness (QED) is 0.592. The fourth-order valence-corrected chi connectivity index (χ4v) is 3.85. The first-order chi connectivity index (χ1) is 13.3. The van der Waals surface area contributed by atoms with Crippen LogP contribution >= 0.6 is 11.8 Å². The number of aromatic nitrogens is 3.